The van der Waals surface area contributed by atoms with Crippen molar-refractivity contribution in [2.45, 2.75) is 59.5 Å². The van der Waals surface area contributed by atoms with Crippen LogP contribution < -0.4 is 5.32 Å². The third-order valence-corrected chi connectivity index (χ3v) is 3.82. The van der Waals surface area contributed by atoms with Crippen LogP contribution in [0.15, 0.2) is 24.4 Å². The Hall–Kier alpha value is -1.68. The second-order valence-electron chi connectivity index (χ2n) is 8.27. The van der Waals surface area contributed by atoms with E-state index in [2.05, 4.69) is 31.1 Å². The van der Waals surface area contributed by atoms with E-state index in [0.717, 1.165) is 16.5 Å². The topological polar surface area (TPSA) is 44.9 Å². The van der Waals surface area contributed by atoms with Gasteiger partial charge in [-0.3, -0.25) is 4.79 Å². The fourth-order valence-electron chi connectivity index (χ4n) is 2.80. The number of halogens is 1. The number of hydrogen-bond donors (Lipinski definition) is 2. The van der Waals surface area contributed by atoms with Crippen LogP contribution in [0.3, 0.4) is 0 Å². The highest BCUT2D eigenvalue weighted by Gasteiger charge is 2.32. The van der Waals surface area contributed by atoms with Gasteiger partial charge in [-0.25, -0.2) is 4.39 Å². The number of fused-ring (bicyclic) bond motifs is 1. The number of carbonyl (C=O) groups excluding carboxylic acids is 1. The van der Waals surface area contributed by atoms with E-state index >= 15 is 0 Å². The molecule has 0 saturated heterocycles. The molecule has 0 aliphatic heterocycles. The highest BCUT2D eigenvalue weighted by atomic mass is 19.1. The molecule has 2 rings (SSSR count). The van der Waals surface area contributed by atoms with Gasteiger partial charge in [0.15, 0.2) is 5.78 Å². The summed E-state index contributed by atoms with van der Waals surface area (Å²) in [6.07, 6.45) is 2.45. The molecule has 0 aliphatic rings. The zero-order valence-electron chi connectivity index (χ0n) is 14.9. The number of rotatable bonds is 4. The van der Waals surface area contributed by atoms with Crippen LogP contribution in [0, 0.1) is 11.2 Å². The summed E-state index contributed by atoms with van der Waals surface area (Å²) in [5.41, 5.74) is 1.21. The van der Waals surface area contributed by atoms with Crippen molar-refractivity contribution < 1.29 is 9.18 Å². The Morgan fingerprint density at radius 2 is 1.87 bits per heavy atom. The maximum atomic E-state index is 13.3. The minimum absolute atomic E-state index is 0.163. The number of hydrogen-bond acceptors (Lipinski definition) is 2. The maximum Gasteiger partial charge on any atom is 0.155 e. The number of benzene rings is 1. The van der Waals surface area contributed by atoms with Crippen LogP contribution in [0.4, 0.5) is 4.39 Å². The van der Waals surface area contributed by atoms with Crippen molar-refractivity contribution in [3.05, 3.63) is 35.8 Å². The number of aromatic nitrogens is 1. The number of Topliss-reactive ketones (excluding diaryl/α,β-unsaturated/α-hetero) is 1. The van der Waals surface area contributed by atoms with E-state index in [0.29, 0.717) is 6.42 Å². The molecular formula is C19H27FN2O. The standard InChI is InChI=1S/C19H27FN2O/c1-18(2,3)17(23)16(22-19(4,5)6)9-12-11-21-15-10-13(20)7-8-14(12)15/h7-8,10-11,16,21-22H,9H2,1-6H3/t16-/m0/s1. The van der Waals surface area contributed by atoms with Crippen molar-refractivity contribution in [3.63, 3.8) is 0 Å². The zero-order valence-corrected chi connectivity index (χ0v) is 14.9. The van der Waals surface area contributed by atoms with Gasteiger partial charge >= 0.3 is 0 Å². The van der Waals surface area contributed by atoms with E-state index < -0.39 is 5.41 Å². The average Bonchev–Trinajstić information content (AvgIpc) is 2.76. The maximum absolute atomic E-state index is 13.3. The molecule has 126 valence electrons. The SMILES string of the molecule is CC(C)(C)N[C@@H](Cc1c[nH]c2cc(F)ccc12)C(=O)C(C)(C)C. The summed E-state index contributed by atoms with van der Waals surface area (Å²) in [5.74, 6) is -0.0788. The van der Waals surface area contributed by atoms with Crippen molar-refractivity contribution in [1.82, 2.24) is 10.3 Å². The van der Waals surface area contributed by atoms with Crippen LogP contribution in [0.5, 0.6) is 0 Å². The number of nitrogens with one attached hydrogen (secondary N) is 2. The summed E-state index contributed by atoms with van der Waals surface area (Å²) >= 11 is 0. The summed E-state index contributed by atoms with van der Waals surface area (Å²) in [4.78, 5) is 15.9. The summed E-state index contributed by atoms with van der Waals surface area (Å²) in [6.45, 7) is 12.0. The largest absolute Gasteiger partial charge is 0.361 e. The lowest BCUT2D eigenvalue weighted by Gasteiger charge is -2.31. The molecule has 0 amide bonds. The zero-order chi connectivity index (χ0) is 17.4. The molecule has 1 heterocycles. The van der Waals surface area contributed by atoms with E-state index in [1.54, 1.807) is 6.07 Å². The molecule has 23 heavy (non-hydrogen) atoms. The Labute approximate surface area is 137 Å². The van der Waals surface area contributed by atoms with Crippen LogP contribution >= 0.6 is 0 Å². The first-order chi connectivity index (χ1) is 10.5. The molecule has 0 saturated carbocycles. The van der Waals surface area contributed by atoms with Crippen molar-refractivity contribution in [2.75, 3.05) is 0 Å². The molecule has 1 atom stereocenters. The van der Waals surface area contributed by atoms with Crippen LogP contribution in [-0.2, 0) is 11.2 Å². The minimum atomic E-state index is -0.416. The molecule has 0 radical (unpaired) electrons. The van der Waals surface area contributed by atoms with E-state index in [4.69, 9.17) is 0 Å². The second kappa shape index (κ2) is 6.08. The fourth-order valence-corrected chi connectivity index (χ4v) is 2.80. The average molecular weight is 318 g/mol. The molecule has 0 bridgehead atoms. The van der Waals surface area contributed by atoms with Crippen molar-refractivity contribution in [2.24, 2.45) is 5.41 Å². The molecule has 1 aromatic carbocycles. The fraction of sp³-hybridized carbons (Fsp3) is 0.526. The van der Waals surface area contributed by atoms with Crippen molar-refractivity contribution in [3.8, 4) is 0 Å². The van der Waals surface area contributed by atoms with E-state index in [-0.39, 0.29) is 23.2 Å². The predicted molar refractivity (Wildman–Crippen MR) is 93.1 cm³/mol. The Kier molecular flexibility index (Phi) is 4.67. The van der Waals surface area contributed by atoms with Gasteiger partial charge in [0, 0.05) is 28.1 Å². The normalized spacial score (nSPS) is 14.2. The summed E-state index contributed by atoms with van der Waals surface area (Å²) < 4.78 is 13.3. The van der Waals surface area contributed by atoms with Gasteiger partial charge in [0.05, 0.1) is 6.04 Å². The van der Waals surface area contributed by atoms with Gasteiger partial charge in [0.1, 0.15) is 5.82 Å². The molecule has 4 heteroatoms. The smallest absolute Gasteiger partial charge is 0.155 e. The first-order valence-electron chi connectivity index (χ1n) is 8.05. The predicted octanol–water partition coefficient (Wildman–Crippen LogP) is 4.22. The monoisotopic (exact) mass is 318 g/mol. The number of ketones is 1. The quantitative estimate of drug-likeness (QED) is 0.886. The molecule has 0 spiro atoms. The summed E-state index contributed by atoms with van der Waals surface area (Å²) in [6, 6.07) is 4.43. The molecule has 2 N–H and O–H groups in total. The molecule has 3 nitrogen and oxygen atoms in total. The van der Waals surface area contributed by atoms with Crippen LogP contribution in [-0.4, -0.2) is 22.3 Å². The third-order valence-electron chi connectivity index (χ3n) is 3.82. The van der Waals surface area contributed by atoms with Gasteiger partial charge in [0.2, 0.25) is 0 Å². The Morgan fingerprint density at radius 1 is 1.22 bits per heavy atom. The number of H-pyrrole nitrogens is 1. The minimum Gasteiger partial charge on any atom is -0.361 e. The number of carbonyl (C=O) groups is 1. The van der Waals surface area contributed by atoms with Crippen molar-refractivity contribution in [1.29, 1.82) is 0 Å². The van der Waals surface area contributed by atoms with Gasteiger partial charge < -0.3 is 10.3 Å². The molecule has 0 unspecified atom stereocenters. The Bertz CT molecular complexity index is 704. The second-order valence-corrected chi connectivity index (χ2v) is 8.27. The van der Waals surface area contributed by atoms with Crippen LogP contribution in [0.25, 0.3) is 10.9 Å². The molecule has 0 fully saturated rings. The van der Waals surface area contributed by atoms with Crippen LogP contribution in [0.1, 0.15) is 47.1 Å². The number of aromatic amines is 1. The molecular weight excluding hydrogens is 291 g/mol. The highest BCUT2D eigenvalue weighted by Crippen LogP contribution is 2.24. The van der Waals surface area contributed by atoms with Gasteiger partial charge in [-0.15, -0.1) is 0 Å². The summed E-state index contributed by atoms with van der Waals surface area (Å²) in [5, 5.41) is 4.41. The first kappa shape index (κ1) is 17.7. The van der Waals surface area contributed by atoms with Gasteiger partial charge in [-0.1, -0.05) is 20.8 Å². The highest BCUT2D eigenvalue weighted by molar-refractivity contribution is 5.90. The third kappa shape index (κ3) is 4.41. The van der Waals surface area contributed by atoms with Gasteiger partial charge in [-0.2, -0.15) is 0 Å². The first-order valence-corrected chi connectivity index (χ1v) is 8.05. The van der Waals surface area contributed by atoms with Gasteiger partial charge in [-0.05, 0) is 51.0 Å². The molecule has 1 aromatic heterocycles. The van der Waals surface area contributed by atoms with Crippen LogP contribution in [0.2, 0.25) is 0 Å². The lowest BCUT2D eigenvalue weighted by atomic mass is 9.83. The van der Waals surface area contributed by atoms with E-state index in [9.17, 15) is 9.18 Å². The van der Waals surface area contributed by atoms with E-state index in [1.165, 1.54) is 12.1 Å². The Morgan fingerprint density at radius 3 is 2.43 bits per heavy atom. The van der Waals surface area contributed by atoms with Crippen molar-refractivity contribution >= 4 is 16.7 Å². The molecule has 0 aliphatic carbocycles. The lowest BCUT2D eigenvalue weighted by molar-refractivity contribution is -0.128. The molecule has 2 aromatic rings. The van der Waals surface area contributed by atoms with E-state index in [1.807, 2.05) is 27.0 Å². The van der Waals surface area contributed by atoms with Gasteiger partial charge in [0.25, 0.3) is 0 Å². The summed E-state index contributed by atoms with van der Waals surface area (Å²) in [7, 11) is 0. The Balaban J connectivity index is 2.34. The lowest BCUT2D eigenvalue weighted by Crippen LogP contribution is -2.51.